The van der Waals surface area contributed by atoms with Gasteiger partial charge < -0.3 is 10.1 Å². The summed E-state index contributed by atoms with van der Waals surface area (Å²) in [6, 6.07) is 14.9. The third-order valence-electron chi connectivity index (χ3n) is 4.74. The van der Waals surface area contributed by atoms with Crippen molar-refractivity contribution in [1.29, 1.82) is 0 Å². The van der Waals surface area contributed by atoms with Crippen molar-refractivity contribution in [2.24, 2.45) is 0 Å². The van der Waals surface area contributed by atoms with E-state index in [1.54, 1.807) is 42.7 Å². The predicted octanol–water partition coefficient (Wildman–Crippen LogP) is 6.75. The van der Waals surface area contributed by atoms with Gasteiger partial charge in [-0.25, -0.2) is 4.98 Å². The van der Waals surface area contributed by atoms with Gasteiger partial charge in [-0.1, -0.05) is 38.8 Å². The minimum atomic E-state index is -0.139. The maximum Gasteiger partial charge on any atom is 0.255 e. The number of hydrogen-bond donors (Lipinski definition) is 1. The van der Waals surface area contributed by atoms with Crippen molar-refractivity contribution in [3.63, 3.8) is 0 Å². The Morgan fingerprint density at radius 2 is 1.72 bits per heavy atom. The number of carbonyl (C=O) groups is 1. The lowest BCUT2D eigenvalue weighted by Gasteiger charge is -2.07. The number of nitrogens with one attached hydrogen (secondary N) is 1. The number of methoxy groups -OCH3 is 1. The average molecular weight is 409 g/mol. The molecule has 1 amide bonds. The molecule has 0 saturated heterocycles. The van der Waals surface area contributed by atoms with E-state index in [1.165, 1.54) is 30.7 Å². The smallest absolute Gasteiger partial charge is 0.255 e. The van der Waals surface area contributed by atoms with Gasteiger partial charge in [0.2, 0.25) is 0 Å². The van der Waals surface area contributed by atoms with E-state index in [0.29, 0.717) is 11.5 Å². The van der Waals surface area contributed by atoms with Crippen LogP contribution in [0.4, 0.5) is 5.69 Å². The lowest BCUT2D eigenvalue weighted by atomic mass is 10.1. The van der Waals surface area contributed by atoms with Crippen LogP contribution in [-0.2, 0) is 0 Å². The normalized spacial score (nSPS) is 12.7. The summed E-state index contributed by atoms with van der Waals surface area (Å²) in [4.78, 5) is 17.0. The van der Waals surface area contributed by atoms with E-state index in [1.807, 2.05) is 24.3 Å². The molecular weight excluding hydrogens is 380 g/mol. The molecule has 1 fully saturated rings. The van der Waals surface area contributed by atoms with Gasteiger partial charge in [-0.05, 0) is 49.2 Å². The zero-order valence-corrected chi connectivity index (χ0v) is 18.1. The Bertz CT molecular complexity index is 911. The van der Waals surface area contributed by atoms with Crippen molar-refractivity contribution >= 4 is 22.9 Å². The van der Waals surface area contributed by atoms with Crippen molar-refractivity contribution in [2.45, 2.75) is 45.4 Å². The number of hydrogen-bond acceptors (Lipinski definition) is 4. The molecule has 29 heavy (non-hydrogen) atoms. The van der Waals surface area contributed by atoms with Crippen LogP contribution in [0, 0.1) is 0 Å². The number of carbonyl (C=O) groups excluding carboxylic acids is 1. The van der Waals surface area contributed by atoms with E-state index in [4.69, 9.17) is 9.72 Å². The second-order valence-corrected chi connectivity index (χ2v) is 7.99. The van der Waals surface area contributed by atoms with Crippen LogP contribution in [0.5, 0.6) is 5.75 Å². The Labute approximate surface area is 177 Å². The van der Waals surface area contributed by atoms with Gasteiger partial charge in [0.1, 0.15) is 5.75 Å². The van der Waals surface area contributed by atoms with Crippen LogP contribution in [-0.4, -0.2) is 18.0 Å². The largest absolute Gasteiger partial charge is 0.497 e. The van der Waals surface area contributed by atoms with E-state index >= 15 is 0 Å². The Morgan fingerprint density at radius 1 is 1.07 bits per heavy atom. The highest BCUT2D eigenvalue weighted by molar-refractivity contribution is 7.10. The maximum atomic E-state index is 12.3. The van der Waals surface area contributed by atoms with Gasteiger partial charge >= 0.3 is 0 Å². The molecule has 0 spiro atoms. The molecule has 1 aliphatic rings. The number of nitrogens with zero attached hydrogens (tertiary/aromatic N) is 1. The third kappa shape index (κ3) is 5.91. The lowest BCUT2D eigenvalue weighted by Crippen LogP contribution is -2.11. The molecule has 2 aromatic carbocycles. The monoisotopic (exact) mass is 408 g/mol. The number of amides is 1. The Balaban J connectivity index is 0.000000552. The fourth-order valence-electron chi connectivity index (χ4n) is 2.61. The van der Waals surface area contributed by atoms with Gasteiger partial charge in [-0.2, -0.15) is 0 Å². The van der Waals surface area contributed by atoms with Gasteiger partial charge in [0.15, 0.2) is 0 Å². The fraction of sp³-hybridized carbons (Fsp3) is 0.333. The van der Waals surface area contributed by atoms with E-state index in [9.17, 15) is 4.79 Å². The molecule has 5 heteroatoms. The molecule has 3 aromatic rings. The van der Waals surface area contributed by atoms with Gasteiger partial charge in [0.25, 0.3) is 5.91 Å². The minimum absolute atomic E-state index is 0.139. The Hall–Kier alpha value is -2.66. The standard InChI is InChI=1S/C20H18N2O2S.C4H10/c1-24-17-10-6-14(7-11-17)19(23)21-16-8-4-13(5-9-16)18-12-25-20(22-18)15-2-3-15;1-3-4-2/h4-12,15H,2-3H2,1H3,(H,21,23);3-4H2,1-2H3. The van der Waals surface area contributed by atoms with Crippen molar-refractivity contribution in [1.82, 2.24) is 4.98 Å². The second kappa shape index (κ2) is 10.2. The molecule has 1 heterocycles. The van der Waals surface area contributed by atoms with E-state index in [2.05, 4.69) is 24.5 Å². The number of rotatable bonds is 6. The van der Waals surface area contributed by atoms with Crippen LogP contribution >= 0.6 is 11.3 Å². The summed E-state index contributed by atoms with van der Waals surface area (Å²) in [5.41, 5.74) is 3.45. The van der Waals surface area contributed by atoms with Crippen molar-refractivity contribution < 1.29 is 9.53 Å². The molecule has 152 valence electrons. The minimum Gasteiger partial charge on any atom is -0.497 e. The summed E-state index contributed by atoms with van der Waals surface area (Å²) in [6.45, 7) is 4.36. The number of benzene rings is 2. The van der Waals surface area contributed by atoms with Gasteiger partial charge in [0.05, 0.1) is 17.8 Å². The lowest BCUT2D eigenvalue weighted by molar-refractivity contribution is 0.102. The van der Waals surface area contributed by atoms with Crippen LogP contribution < -0.4 is 10.1 Å². The molecule has 1 aromatic heterocycles. The molecule has 1 aliphatic carbocycles. The summed E-state index contributed by atoms with van der Waals surface area (Å²) in [6.07, 6.45) is 5.17. The molecule has 0 aliphatic heterocycles. The molecule has 1 saturated carbocycles. The second-order valence-electron chi connectivity index (χ2n) is 7.11. The first-order chi connectivity index (χ1) is 14.1. The zero-order valence-electron chi connectivity index (χ0n) is 17.3. The van der Waals surface area contributed by atoms with Crippen molar-refractivity contribution in [3.8, 4) is 17.0 Å². The summed E-state index contributed by atoms with van der Waals surface area (Å²) >= 11 is 1.74. The summed E-state index contributed by atoms with van der Waals surface area (Å²) < 4.78 is 5.11. The maximum absolute atomic E-state index is 12.3. The van der Waals surface area contributed by atoms with Crippen molar-refractivity contribution in [2.75, 3.05) is 12.4 Å². The molecule has 1 N–H and O–H groups in total. The number of aromatic nitrogens is 1. The molecule has 0 radical (unpaired) electrons. The van der Waals surface area contributed by atoms with Crippen molar-refractivity contribution in [3.05, 3.63) is 64.5 Å². The SMILES string of the molecule is CCCC.COc1ccc(C(=O)Nc2ccc(-c3csc(C4CC4)n3)cc2)cc1. The summed E-state index contributed by atoms with van der Waals surface area (Å²) in [7, 11) is 1.60. The molecule has 4 nitrogen and oxygen atoms in total. The predicted molar refractivity (Wildman–Crippen MR) is 121 cm³/mol. The third-order valence-corrected chi connectivity index (χ3v) is 5.75. The summed E-state index contributed by atoms with van der Waals surface area (Å²) in [5.74, 6) is 1.27. The van der Waals surface area contributed by atoms with E-state index in [0.717, 1.165) is 22.7 Å². The zero-order chi connectivity index (χ0) is 20.6. The van der Waals surface area contributed by atoms with Gasteiger partial charge in [-0.15, -0.1) is 11.3 Å². The number of unbranched alkanes of at least 4 members (excludes halogenated alkanes) is 1. The highest BCUT2D eigenvalue weighted by atomic mass is 32.1. The summed E-state index contributed by atoms with van der Waals surface area (Å²) in [5, 5.41) is 6.26. The van der Waals surface area contributed by atoms with Crippen LogP contribution in [0.15, 0.2) is 53.9 Å². The fourth-order valence-corrected chi connectivity index (χ4v) is 3.61. The Kier molecular flexibility index (Phi) is 7.42. The average Bonchev–Trinajstić information content (AvgIpc) is 3.51. The van der Waals surface area contributed by atoms with Crippen LogP contribution in [0.25, 0.3) is 11.3 Å². The van der Waals surface area contributed by atoms with Crippen LogP contribution in [0.3, 0.4) is 0 Å². The van der Waals surface area contributed by atoms with Crippen LogP contribution in [0.1, 0.15) is 60.8 Å². The molecule has 0 atom stereocenters. The topological polar surface area (TPSA) is 51.2 Å². The van der Waals surface area contributed by atoms with Gasteiger partial charge in [0, 0.05) is 28.1 Å². The first kappa shape index (κ1) is 21.1. The van der Waals surface area contributed by atoms with E-state index < -0.39 is 0 Å². The first-order valence-corrected chi connectivity index (χ1v) is 11.0. The van der Waals surface area contributed by atoms with Gasteiger partial charge in [-0.3, -0.25) is 4.79 Å². The highest BCUT2D eigenvalue weighted by Crippen LogP contribution is 2.42. The molecule has 0 bridgehead atoms. The number of ether oxygens (including phenoxy) is 1. The number of thiazole rings is 1. The highest BCUT2D eigenvalue weighted by Gasteiger charge is 2.26. The van der Waals surface area contributed by atoms with E-state index in [-0.39, 0.29) is 5.91 Å². The molecule has 0 unspecified atom stereocenters. The molecular formula is C24H28N2O2S. The Morgan fingerprint density at radius 3 is 2.28 bits per heavy atom. The molecule has 4 rings (SSSR count). The number of anilines is 1. The first-order valence-electron chi connectivity index (χ1n) is 10.2. The van der Waals surface area contributed by atoms with Crippen LogP contribution in [0.2, 0.25) is 0 Å². The quantitative estimate of drug-likeness (QED) is 0.490.